The molecule has 18 heavy (non-hydrogen) atoms. The number of piperazine rings is 1. The van der Waals surface area contributed by atoms with Crippen molar-refractivity contribution in [1.82, 2.24) is 9.80 Å². The number of carboxylic acids is 1. The fraction of sp³-hybridized carbons (Fsp3) is 0.929. The maximum Gasteiger partial charge on any atom is 0.308 e. The molecule has 0 spiro atoms. The molecule has 2 aliphatic rings. The Balaban J connectivity index is 1.87. The lowest BCUT2D eigenvalue weighted by atomic mass is 10.0. The summed E-state index contributed by atoms with van der Waals surface area (Å²) in [5, 5.41) is 9.26. The van der Waals surface area contributed by atoms with Crippen LogP contribution in [0.15, 0.2) is 0 Å². The number of rotatable bonds is 4. The molecule has 0 aromatic rings. The van der Waals surface area contributed by atoms with Crippen LogP contribution in [0.4, 0.5) is 0 Å². The topological polar surface area (TPSA) is 43.8 Å². The predicted molar refractivity (Wildman–Crippen MR) is 71.7 cm³/mol. The second kappa shape index (κ2) is 6.02. The Bertz CT molecular complexity index is 288. The van der Waals surface area contributed by atoms with Crippen LogP contribution < -0.4 is 0 Å². The first-order valence-corrected chi connectivity index (χ1v) is 7.34. The molecule has 1 heterocycles. The molecule has 1 aliphatic heterocycles. The summed E-state index contributed by atoms with van der Waals surface area (Å²) in [5.41, 5.74) is 0. The molecule has 1 aliphatic carbocycles. The molecule has 0 amide bonds. The van der Waals surface area contributed by atoms with E-state index in [1.165, 1.54) is 6.42 Å². The van der Waals surface area contributed by atoms with Crippen molar-refractivity contribution in [2.75, 3.05) is 26.2 Å². The molecule has 4 heteroatoms. The Morgan fingerprint density at radius 1 is 1.28 bits per heavy atom. The third-order valence-corrected chi connectivity index (χ3v) is 4.83. The summed E-state index contributed by atoms with van der Waals surface area (Å²) in [6.45, 7) is 8.78. The molecule has 1 N–H and O–H groups in total. The van der Waals surface area contributed by atoms with E-state index in [1.54, 1.807) is 0 Å². The number of hydrogen-bond donors (Lipinski definition) is 1. The van der Waals surface area contributed by atoms with Crippen molar-refractivity contribution in [3.8, 4) is 0 Å². The van der Waals surface area contributed by atoms with Gasteiger partial charge in [0.05, 0.1) is 5.92 Å². The van der Waals surface area contributed by atoms with Crippen molar-refractivity contribution in [2.24, 2.45) is 5.92 Å². The zero-order valence-corrected chi connectivity index (χ0v) is 11.6. The summed E-state index contributed by atoms with van der Waals surface area (Å²) in [5.74, 6) is -0.720. The van der Waals surface area contributed by atoms with Crippen LogP contribution in [0.3, 0.4) is 0 Å². The first-order chi connectivity index (χ1) is 8.63. The van der Waals surface area contributed by atoms with Gasteiger partial charge in [0.15, 0.2) is 0 Å². The van der Waals surface area contributed by atoms with Crippen molar-refractivity contribution in [1.29, 1.82) is 0 Å². The fourth-order valence-electron chi connectivity index (χ4n) is 3.43. The number of nitrogens with zero attached hydrogens (tertiary/aromatic N) is 2. The van der Waals surface area contributed by atoms with E-state index in [1.807, 2.05) is 0 Å². The lowest BCUT2D eigenvalue weighted by Gasteiger charge is -2.41. The molecular weight excluding hydrogens is 228 g/mol. The summed E-state index contributed by atoms with van der Waals surface area (Å²) >= 11 is 0. The quantitative estimate of drug-likeness (QED) is 0.828. The highest BCUT2D eigenvalue weighted by Crippen LogP contribution is 2.31. The second-order valence-corrected chi connectivity index (χ2v) is 5.77. The van der Waals surface area contributed by atoms with Crippen LogP contribution in [-0.2, 0) is 4.79 Å². The van der Waals surface area contributed by atoms with Crippen LogP contribution in [-0.4, -0.2) is 59.1 Å². The van der Waals surface area contributed by atoms with E-state index >= 15 is 0 Å². The van der Waals surface area contributed by atoms with E-state index in [4.69, 9.17) is 0 Å². The standard InChI is InChI=1S/C14H26N2O2/c1-3-11(2)15-7-9-16(10-8-15)13-6-4-5-12(13)14(17)18/h11-13H,3-10H2,1-2H3,(H,17,18). The fourth-order valence-corrected chi connectivity index (χ4v) is 3.43. The largest absolute Gasteiger partial charge is 0.481 e. The monoisotopic (exact) mass is 254 g/mol. The summed E-state index contributed by atoms with van der Waals surface area (Å²) < 4.78 is 0. The molecule has 104 valence electrons. The molecule has 0 radical (unpaired) electrons. The van der Waals surface area contributed by atoms with Crippen molar-refractivity contribution in [3.63, 3.8) is 0 Å². The highest BCUT2D eigenvalue weighted by Gasteiger charge is 2.37. The highest BCUT2D eigenvalue weighted by atomic mass is 16.4. The van der Waals surface area contributed by atoms with Crippen LogP contribution in [0.1, 0.15) is 39.5 Å². The van der Waals surface area contributed by atoms with E-state index in [9.17, 15) is 9.90 Å². The van der Waals surface area contributed by atoms with Gasteiger partial charge < -0.3 is 5.11 Å². The summed E-state index contributed by atoms with van der Waals surface area (Å²) in [4.78, 5) is 16.2. The summed E-state index contributed by atoms with van der Waals surface area (Å²) in [7, 11) is 0. The van der Waals surface area contributed by atoms with Gasteiger partial charge in [0.25, 0.3) is 0 Å². The average Bonchev–Trinajstić information content (AvgIpc) is 2.87. The van der Waals surface area contributed by atoms with Crippen molar-refractivity contribution in [3.05, 3.63) is 0 Å². The minimum atomic E-state index is -0.596. The molecule has 4 nitrogen and oxygen atoms in total. The Morgan fingerprint density at radius 3 is 2.50 bits per heavy atom. The van der Waals surface area contributed by atoms with Gasteiger partial charge in [0.2, 0.25) is 0 Å². The minimum Gasteiger partial charge on any atom is -0.481 e. The first-order valence-electron chi connectivity index (χ1n) is 7.34. The number of hydrogen-bond acceptors (Lipinski definition) is 3. The van der Waals surface area contributed by atoms with E-state index in [0.717, 1.165) is 45.4 Å². The normalized spacial score (nSPS) is 32.6. The SMILES string of the molecule is CCC(C)N1CCN(C2CCCC2C(=O)O)CC1. The van der Waals surface area contributed by atoms with Crippen LogP contribution >= 0.6 is 0 Å². The van der Waals surface area contributed by atoms with Crippen molar-refractivity contribution in [2.45, 2.75) is 51.6 Å². The summed E-state index contributed by atoms with van der Waals surface area (Å²) in [6, 6.07) is 0.951. The van der Waals surface area contributed by atoms with Crippen LogP contribution in [0.25, 0.3) is 0 Å². The van der Waals surface area contributed by atoms with Gasteiger partial charge in [-0.3, -0.25) is 14.6 Å². The zero-order chi connectivity index (χ0) is 13.1. The Labute approximate surface area is 110 Å². The van der Waals surface area contributed by atoms with E-state index in [0.29, 0.717) is 12.1 Å². The smallest absolute Gasteiger partial charge is 0.308 e. The molecular formula is C14H26N2O2. The maximum atomic E-state index is 11.2. The van der Waals surface area contributed by atoms with Crippen LogP contribution in [0, 0.1) is 5.92 Å². The lowest BCUT2D eigenvalue weighted by Crippen LogP contribution is -2.53. The van der Waals surface area contributed by atoms with Gasteiger partial charge >= 0.3 is 5.97 Å². The molecule has 0 bridgehead atoms. The third kappa shape index (κ3) is 2.86. The van der Waals surface area contributed by atoms with E-state index in [-0.39, 0.29) is 5.92 Å². The molecule has 3 atom stereocenters. The van der Waals surface area contributed by atoms with Gasteiger partial charge in [-0.05, 0) is 26.2 Å². The van der Waals surface area contributed by atoms with Gasteiger partial charge in [0.1, 0.15) is 0 Å². The second-order valence-electron chi connectivity index (χ2n) is 5.77. The Kier molecular flexibility index (Phi) is 4.62. The molecule has 0 aromatic heterocycles. The Hall–Kier alpha value is -0.610. The zero-order valence-electron chi connectivity index (χ0n) is 11.6. The van der Waals surface area contributed by atoms with Gasteiger partial charge in [-0.2, -0.15) is 0 Å². The number of carbonyl (C=O) groups is 1. The van der Waals surface area contributed by atoms with Gasteiger partial charge in [-0.1, -0.05) is 13.3 Å². The minimum absolute atomic E-state index is 0.125. The molecule has 3 unspecified atom stereocenters. The van der Waals surface area contributed by atoms with Crippen LogP contribution in [0.5, 0.6) is 0 Å². The Morgan fingerprint density at radius 2 is 1.94 bits per heavy atom. The summed E-state index contributed by atoms with van der Waals surface area (Å²) in [6.07, 6.45) is 4.21. The third-order valence-electron chi connectivity index (χ3n) is 4.83. The maximum absolute atomic E-state index is 11.2. The van der Waals surface area contributed by atoms with Crippen molar-refractivity contribution < 1.29 is 9.90 Å². The average molecular weight is 254 g/mol. The molecule has 1 saturated heterocycles. The predicted octanol–water partition coefficient (Wildman–Crippen LogP) is 1.66. The number of carboxylic acid groups (broad SMARTS) is 1. The van der Waals surface area contributed by atoms with Gasteiger partial charge in [0, 0.05) is 38.3 Å². The van der Waals surface area contributed by atoms with Gasteiger partial charge in [-0.15, -0.1) is 0 Å². The molecule has 1 saturated carbocycles. The molecule has 0 aromatic carbocycles. The lowest BCUT2D eigenvalue weighted by molar-refractivity contribution is -0.143. The van der Waals surface area contributed by atoms with Gasteiger partial charge in [-0.25, -0.2) is 0 Å². The first kappa shape index (κ1) is 13.8. The van der Waals surface area contributed by atoms with E-state index in [2.05, 4.69) is 23.6 Å². The number of aliphatic carboxylic acids is 1. The molecule has 2 fully saturated rings. The highest BCUT2D eigenvalue weighted by molar-refractivity contribution is 5.71. The molecule has 2 rings (SSSR count). The van der Waals surface area contributed by atoms with E-state index < -0.39 is 5.97 Å². The van der Waals surface area contributed by atoms with Crippen molar-refractivity contribution >= 4 is 5.97 Å². The van der Waals surface area contributed by atoms with Crippen LogP contribution in [0.2, 0.25) is 0 Å².